The van der Waals surface area contributed by atoms with Crippen LogP contribution in [-0.2, 0) is 6.42 Å². The van der Waals surface area contributed by atoms with Gasteiger partial charge in [-0.2, -0.15) is 0 Å². The number of hydrogen-bond acceptors (Lipinski definition) is 2. The Balaban J connectivity index is 1.71. The van der Waals surface area contributed by atoms with Gasteiger partial charge in [0.2, 0.25) is 0 Å². The highest BCUT2D eigenvalue weighted by Gasteiger charge is 2.26. The van der Waals surface area contributed by atoms with Crippen molar-refractivity contribution in [2.45, 2.75) is 84.2 Å². The van der Waals surface area contributed by atoms with Crippen LogP contribution in [0.3, 0.4) is 0 Å². The second-order valence-electron chi connectivity index (χ2n) is 8.17. The molecular weight excluding hydrogens is 346 g/mol. The summed E-state index contributed by atoms with van der Waals surface area (Å²) in [6.45, 7) is 8.08. The minimum atomic E-state index is -0.255. The molecule has 0 radical (unpaired) electrons. The van der Waals surface area contributed by atoms with Crippen LogP contribution in [-0.4, -0.2) is 30.7 Å². The van der Waals surface area contributed by atoms with Gasteiger partial charge in [0, 0.05) is 13.1 Å². The van der Waals surface area contributed by atoms with Gasteiger partial charge in [-0.3, -0.25) is 15.3 Å². The number of aliphatic imine (C=N–C) groups is 2. The second-order valence-corrected chi connectivity index (χ2v) is 8.17. The van der Waals surface area contributed by atoms with Gasteiger partial charge in [-0.1, -0.05) is 82.2 Å². The molecule has 1 fully saturated rings. The highest BCUT2D eigenvalue weighted by Crippen LogP contribution is 2.08. The average Bonchev–Trinajstić information content (AvgIpc) is 2.66. The normalized spacial score (nSPS) is 18.5. The Bertz CT molecular complexity index is 607. The van der Waals surface area contributed by atoms with Crippen LogP contribution >= 0.6 is 0 Å². The van der Waals surface area contributed by atoms with E-state index in [1.807, 2.05) is 6.07 Å². The molecule has 0 unspecified atom stereocenters. The third-order valence-corrected chi connectivity index (χ3v) is 4.89. The first-order chi connectivity index (χ1) is 13.6. The van der Waals surface area contributed by atoms with Gasteiger partial charge in [-0.25, -0.2) is 0 Å². The standard InChI is InChI=1S/C23H39N5/c1-4-5-6-7-8-9-10-14-18-24-21-26-22(28-23(2,3)27-21)25-19-17-20-15-12-11-13-16-20/h11-13,15-16H,4-10,14,17-19H2,1-3H3,(H3,24,25,26,27,28). The van der Waals surface area contributed by atoms with E-state index >= 15 is 0 Å². The van der Waals surface area contributed by atoms with Gasteiger partial charge in [-0.15, -0.1) is 0 Å². The minimum absolute atomic E-state index is 0.255. The molecule has 1 saturated heterocycles. The summed E-state index contributed by atoms with van der Waals surface area (Å²) in [7, 11) is 0. The fourth-order valence-corrected chi connectivity index (χ4v) is 3.33. The lowest BCUT2D eigenvalue weighted by atomic mass is 10.1. The molecule has 28 heavy (non-hydrogen) atoms. The summed E-state index contributed by atoms with van der Waals surface area (Å²) in [6.07, 6.45) is 11.5. The number of rotatable bonds is 12. The van der Waals surface area contributed by atoms with Gasteiger partial charge in [-0.05, 0) is 32.3 Å². The first kappa shape index (κ1) is 22.3. The molecule has 1 aromatic rings. The average molecular weight is 386 g/mol. The summed E-state index contributed by atoms with van der Waals surface area (Å²) in [5.41, 5.74) is 1.05. The van der Waals surface area contributed by atoms with Crippen molar-refractivity contribution >= 4 is 11.9 Å². The zero-order chi connectivity index (χ0) is 20.1. The minimum Gasteiger partial charge on any atom is -0.334 e. The highest BCUT2D eigenvalue weighted by atomic mass is 15.4. The van der Waals surface area contributed by atoms with E-state index in [0.717, 1.165) is 37.9 Å². The molecular formula is C23H39N5. The van der Waals surface area contributed by atoms with Crippen LogP contribution in [0.25, 0.3) is 0 Å². The molecule has 0 spiro atoms. The number of hydrogen-bond donors (Lipinski definition) is 3. The van der Waals surface area contributed by atoms with Gasteiger partial charge in [0.25, 0.3) is 0 Å². The van der Waals surface area contributed by atoms with E-state index in [1.165, 1.54) is 50.5 Å². The van der Waals surface area contributed by atoms with Crippen molar-refractivity contribution in [2.75, 3.05) is 13.1 Å². The number of unbranched alkanes of at least 4 members (excludes halogenated alkanes) is 7. The van der Waals surface area contributed by atoms with Crippen molar-refractivity contribution < 1.29 is 0 Å². The Kier molecular flexibility index (Phi) is 9.87. The maximum absolute atomic E-state index is 4.72. The van der Waals surface area contributed by atoms with E-state index in [4.69, 9.17) is 9.98 Å². The maximum Gasteiger partial charge on any atom is 0.199 e. The van der Waals surface area contributed by atoms with Crippen LogP contribution in [0.15, 0.2) is 40.3 Å². The third-order valence-electron chi connectivity index (χ3n) is 4.89. The maximum atomic E-state index is 4.72. The Hall–Kier alpha value is -2.04. The monoisotopic (exact) mass is 385 g/mol. The Labute approximate surface area is 171 Å². The van der Waals surface area contributed by atoms with Crippen molar-refractivity contribution in [3.05, 3.63) is 35.9 Å². The number of guanidine groups is 2. The zero-order valence-electron chi connectivity index (χ0n) is 18.1. The van der Waals surface area contributed by atoms with Gasteiger partial charge in [0.1, 0.15) is 5.66 Å². The van der Waals surface area contributed by atoms with Crippen molar-refractivity contribution in [3.63, 3.8) is 0 Å². The molecule has 156 valence electrons. The second kappa shape index (κ2) is 12.4. The van der Waals surface area contributed by atoms with E-state index in [9.17, 15) is 0 Å². The number of nitrogens with zero attached hydrogens (tertiary/aromatic N) is 2. The molecule has 5 nitrogen and oxygen atoms in total. The summed E-state index contributed by atoms with van der Waals surface area (Å²) in [5.74, 6) is 1.62. The molecule has 5 heteroatoms. The van der Waals surface area contributed by atoms with E-state index in [-0.39, 0.29) is 5.66 Å². The topological polar surface area (TPSA) is 60.8 Å². The number of nitrogens with one attached hydrogen (secondary N) is 3. The first-order valence-electron chi connectivity index (χ1n) is 11.1. The van der Waals surface area contributed by atoms with Gasteiger partial charge in [0.15, 0.2) is 11.9 Å². The van der Waals surface area contributed by atoms with Crippen molar-refractivity contribution in [1.29, 1.82) is 0 Å². The molecule has 1 aliphatic rings. The predicted octanol–water partition coefficient (Wildman–Crippen LogP) is 4.60. The van der Waals surface area contributed by atoms with Crippen molar-refractivity contribution in [2.24, 2.45) is 9.98 Å². The Morgan fingerprint density at radius 2 is 1.32 bits per heavy atom. The van der Waals surface area contributed by atoms with Crippen molar-refractivity contribution in [3.8, 4) is 0 Å². The Morgan fingerprint density at radius 3 is 1.96 bits per heavy atom. The van der Waals surface area contributed by atoms with Gasteiger partial charge in [0.05, 0.1) is 0 Å². The molecule has 1 aromatic carbocycles. The highest BCUT2D eigenvalue weighted by molar-refractivity contribution is 6.01. The van der Waals surface area contributed by atoms with Crippen LogP contribution in [0, 0.1) is 0 Å². The molecule has 0 aromatic heterocycles. The van der Waals surface area contributed by atoms with Crippen LogP contribution in [0.2, 0.25) is 0 Å². The number of benzene rings is 1. The van der Waals surface area contributed by atoms with Crippen LogP contribution < -0.4 is 16.0 Å². The molecule has 0 bridgehead atoms. The fourth-order valence-electron chi connectivity index (χ4n) is 3.33. The lowest BCUT2D eigenvalue weighted by molar-refractivity contribution is 0.403. The van der Waals surface area contributed by atoms with Crippen molar-refractivity contribution in [1.82, 2.24) is 16.0 Å². The predicted molar refractivity (Wildman–Crippen MR) is 121 cm³/mol. The molecule has 1 aliphatic heterocycles. The van der Waals surface area contributed by atoms with E-state index < -0.39 is 0 Å². The third kappa shape index (κ3) is 9.25. The quantitative estimate of drug-likeness (QED) is 0.461. The van der Waals surface area contributed by atoms with Crippen LogP contribution in [0.5, 0.6) is 0 Å². The molecule has 0 atom stereocenters. The van der Waals surface area contributed by atoms with Crippen LogP contribution in [0.1, 0.15) is 77.7 Å². The SMILES string of the molecule is CCCCCCCCCCN=C1NC(=NCCc2ccccc2)NC(C)(C)N1. The van der Waals surface area contributed by atoms with E-state index in [0.29, 0.717) is 0 Å². The van der Waals surface area contributed by atoms with Gasteiger partial charge >= 0.3 is 0 Å². The lowest BCUT2D eigenvalue weighted by Crippen LogP contribution is -2.68. The molecule has 0 saturated carbocycles. The Morgan fingerprint density at radius 1 is 0.750 bits per heavy atom. The molecule has 0 aliphatic carbocycles. The molecule has 2 rings (SSSR count). The van der Waals surface area contributed by atoms with Crippen LogP contribution in [0.4, 0.5) is 0 Å². The summed E-state index contributed by atoms with van der Waals surface area (Å²) in [6, 6.07) is 10.5. The summed E-state index contributed by atoms with van der Waals surface area (Å²) < 4.78 is 0. The smallest absolute Gasteiger partial charge is 0.199 e. The zero-order valence-corrected chi connectivity index (χ0v) is 18.1. The summed E-state index contributed by atoms with van der Waals surface area (Å²) >= 11 is 0. The van der Waals surface area contributed by atoms with Gasteiger partial charge < -0.3 is 10.6 Å². The summed E-state index contributed by atoms with van der Waals surface area (Å²) in [4.78, 5) is 9.41. The van der Waals surface area contributed by atoms with E-state index in [1.54, 1.807) is 0 Å². The molecule has 3 N–H and O–H groups in total. The fraction of sp³-hybridized carbons (Fsp3) is 0.652. The summed E-state index contributed by atoms with van der Waals surface area (Å²) in [5, 5.41) is 10.1. The largest absolute Gasteiger partial charge is 0.334 e. The first-order valence-corrected chi connectivity index (χ1v) is 11.1. The molecule has 1 heterocycles. The van der Waals surface area contributed by atoms with E-state index in [2.05, 4.69) is 61.0 Å². The lowest BCUT2D eigenvalue weighted by Gasteiger charge is -2.36. The molecule has 0 amide bonds.